The van der Waals surface area contributed by atoms with Crippen molar-refractivity contribution in [2.45, 2.75) is 52.0 Å². The molecular weight excluding hydrogens is 336 g/mol. The molecule has 0 fully saturated rings. The molecule has 0 unspecified atom stereocenters. The van der Waals surface area contributed by atoms with Gasteiger partial charge in [-0.1, -0.05) is 44.2 Å². The molecule has 0 aromatic heterocycles. The van der Waals surface area contributed by atoms with E-state index in [-0.39, 0.29) is 16.9 Å². The van der Waals surface area contributed by atoms with Gasteiger partial charge in [0, 0.05) is 0 Å². The van der Waals surface area contributed by atoms with Gasteiger partial charge in [-0.3, -0.25) is 5.01 Å². The summed E-state index contributed by atoms with van der Waals surface area (Å²) in [5, 5.41) is 6.93. The Morgan fingerprint density at radius 1 is 1.11 bits per heavy atom. The van der Waals surface area contributed by atoms with Gasteiger partial charge < -0.3 is 4.74 Å². The average Bonchev–Trinajstić information content (AvgIpc) is 2.61. The average molecular weight is 364 g/mol. The van der Waals surface area contributed by atoms with Crippen LogP contribution in [0.2, 0.25) is 0 Å². The summed E-state index contributed by atoms with van der Waals surface area (Å²) >= 11 is 0. The van der Waals surface area contributed by atoms with Crippen LogP contribution < -0.4 is 5.01 Å². The van der Waals surface area contributed by atoms with Crippen molar-refractivity contribution in [3.63, 3.8) is 0 Å². The standard InChI is InChI=1S/C23H28N2O2/c1-6-27-21(26)18-13-11-17(12-14-18)15-24-25-20-10-8-7-9-19(20)22(2,3)16-23(25,4)5/h7-15H,6,16H2,1-5H3. The van der Waals surface area contributed by atoms with Gasteiger partial charge in [0.2, 0.25) is 0 Å². The van der Waals surface area contributed by atoms with Crippen molar-refractivity contribution in [1.82, 2.24) is 0 Å². The minimum atomic E-state index is -0.297. The minimum Gasteiger partial charge on any atom is -0.462 e. The number of hydrogen-bond donors (Lipinski definition) is 0. The Kier molecular flexibility index (Phi) is 5.09. The van der Waals surface area contributed by atoms with E-state index in [1.807, 2.05) is 18.3 Å². The zero-order valence-electron chi connectivity index (χ0n) is 16.8. The van der Waals surface area contributed by atoms with Gasteiger partial charge in [-0.2, -0.15) is 5.10 Å². The Morgan fingerprint density at radius 3 is 2.44 bits per heavy atom. The second-order valence-corrected chi connectivity index (χ2v) is 8.29. The maximum absolute atomic E-state index is 11.8. The number of hydrazone groups is 1. The van der Waals surface area contributed by atoms with Crippen molar-refractivity contribution in [2.24, 2.45) is 5.10 Å². The van der Waals surface area contributed by atoms with Crippen LogP contribution in [-0.4, -0.2) is 24.3 Å². The third-order valence-corrected chi connectivity index (χ3v) is 5.05. The van der Waals surface area contributed by atoms with Crippen LogP contribution in [0.4, 0.5) is 5.69 Å². The summed E-state index contributed by atoms with van der Waals surface area (Å²) in [6.45, 7) is 11.2. The molecule has 0 aliphatic carbocycles. The Bertz CT molecular complexity index is 851. The quantitative estimate of drug-likeness (QED) is 0.555. The van der Waals surface area contributed by atoms with Crippen LogP contribution in [0.15, 0.2) is 53.6 Å². The highest BCUT2D eigenvalue weighted by Gasteiger charge is 2.42. The van der Waals surface area contributed by atoms with Crippen molar-refractivity contribution in [3.05, 3.63) is 65.2 Å². The maximum atomic E-state index is 11.8. The fraction of sp³-hybridized carbons (Fsp3) is 0.391. The van der Waals surface area contributed by atoms with Crippen molar-refractivity contribution in [1.29, 1.82) is 0 Å². The van der Waals surface area contributed by atoms with Gasteiger partial charge in [-0.15, -0.1) is 0 Å². The molecule has 3 rings (SSSR count). The second-order valence-electron chi connectivity index (χ2n) is 8.29. The van der Waals surface area contributed by atoms with E-state index in [9.17, 15) is 4.79 Å². The molecule has 2 aromatic carbocycles. The van der Waals surface area contributed by atoms with Crippen LogP contribution in [0, 0.1) is 0 Å². The van der Waals surface area contributed by atoms with Gasteiger partial charge in [0.15, 0.2) is 0 Å². The zero-order chi connectivity index (χ0) is 19.7. The largest absolute Gasteiger partial charge is 0.462 e. The molecule has 0 atom stereocenters. The molecule has 4 heteroatoms. The fourth-order valence-electron chi connectivity index (χ4n) is 4.07. The number of esters is 1. The molecule has 0 saturated carbocycles. The van der Waals surface area contributed by atoms with Gasteiger partial charge in [0.1, 0.15) is 0 Å². The molecule has 1 heterocycles. The van der Waals surface area contributed by atoms with Gasteiger partial charge in [-0.25, -0.2) is 4.79 Å². The molecule has 0 N–H and O–H groups in total. The molecular formula is C23H28N2O2. The summed E-state index contributed by atoms with van der Waals surface area (Å²) in [5.74, 6) is -0.297. The fourth-order valence-corrected chi connectivity index (χ4v) is 4.07. The van der Waals surface area contributed by atoms with E-state index in [0.29, 0.717) is 12.2 Å². The highest BCUT2D eigenvalue weighted by Crippen LogP contribution is 2.46. The SMILES string of the molecule is CCOC(=O)c1ccc(C=NN2c3ccccc3C(C)(C)CC2(C)C)cc1. The number of carbonyl (C=O) groups is 1. The van der Waals surface area contributed by atoms with Crippen LogP contribution in [0.1, 0.15) is 62.5 Å². The Labute approximate surface area is 161 Å². The Balaban J connectivity index is 1.89. The first-order chi connectivity index (χ1) is 12.7. The van der Waals surface area contributed by atoms with E-state index in [0.717, 1.165) is 17.7 Å². The lowest BCUT2D eigenvalue weighted by molar-refractivity contribution is 0.0526. The number of rotatable bonds is 4. The van der Waals surface area contributed by atoms with Gasteiger partial charge in [0.05, 0.1) is 29.6 Å². The van der Waals surface area contributed by atoms with Crippen LogP contribution in [-0.2, 0) is 10.2 Å². The second kappa shape index (κ2) is 7.18. The number of hydrogen-bond acceptors (Lipinski definition) is 4. The van der Waals surface area contributed by atoms with Crippen LogP contribution >= 0.6 is 0 Å². The first-order valence-electron chi connectivity index (χ1n) is 9.45. The predicted octanol–water partition coefficient (Wildman–Crippen LogP) is 5.16. The highest BCUT2D eigenvalue weighted by atomic mass is 16.5. The number of anilines is 1. The molecule has 0 saturated heterocycles. The summed E-state index contributed by atoms with van der Waals surface area (Å²) in [6, 6.07) is 15.8. The zero-order valence-corrected chi connectivity index (χ0v) is 16.8. The normalized spacial score (nSPS) is 17.6. The van der Waals surface area contributed by atoms with E-state index in [2.05, 4.69) is 57.0 Å². The summed E-state index contributed by atoms with van der Waals surface area (Å²) in [7, 11) is 0. The van der Waals surface area contributed by atoms with E-state index < -0.39 is 0 Å². The molecule has 1 aliphatic heterocycles. The number of para-hydroxylation sites is 1. The highest BCUT2D eigenvalue weighted by molar-refractivity contribution is 5.90. The summed E-state index contributed by atoms with van der Waals surface area (Å²) in [5.41, 5.74) is 3.98. The lowest BCUT2D eigenvalue weighted by atomic mass is 9.71. The molecule has 0 radical (unpaired) electrons. The summed E-state index contributed by atoms with van der Waals surface area (Å²) in [6.07, 6.45) is 2.86. The number of fused-ring (bicyclic) bond motifs is 1. The van der Waals surface area contributed by atoms with Gasteiger partial charge in [0.25, 0.3) is 0 Å². The third kappa shape index (κ3) is 3.90. The summed E-state index contributed by atoms with van der Waals surface area (Å²) < 4.78 is 5.03. The maximum Gasteiger partial charge on any atom is 0.338 e. The van der Waals surface area contributed by atoms with Crippen LogP contribution in [0.3, 0.4) is 0 Å². The molecule has 142 valence electrons. The monoisotopic (exact) mass is 364 g/mol. The van der Waals surface area contributed by atoms with Gasteiger partial charge >= 0.3 is 5.97 Å². The van der Waals surface area contributed by atoms with E-state index in [1.165, 1.54) is 5.56 Å². The first kappa shape index (κ1) is 19.2. The lowest BCUT2D eigenvalue weighted by Crippen LogP contribution is -2.49. The Morgan fingerprint density at radius 2 is 1.78 bits per heavy atom. The smallest absolute Gasteiger partial charge is 0.338 e. The summed E-state index contributed by atoms with van der Waals surface area (Å²) in [4.78, 5) is 11.8. The lowest BCUT2D eigenvalue weighted by Gasteiger charge is -2.48. The van der Waals surface area contributed by atoms with Crippen molar-refractivity contribution < 1.29 is 9.53 Å². The molecule has 4 nitrogen and oxygen atoms in total. The molecule has 27 heavy (non-hydrogen) atoms. The molecule has 0 amide bonds. The molecule has 2 aromatic rings. The topological polar surface area (TPSA) is 41.9 Å². The van der Waals surface area contributed by atoms with Gasteiger partial charge in [-0.05, 0) is 61.9 Å². The van der Waals surface area contributed by atoms with E-state index in [1.54, 1.807) is 19.1 Å². The Hall–Kier alpha value is -2.62. The van der Waals surface area contributed by atoms with E-state index >= 15 is 0 Å². The number of benzene rings is 2. The molecule has 0 spiro atoms. The predicted molar refractivity (Wildman–Crippen MR) is 111 cm³/mol. The van der Waals surface area contributed by atoms with Crippen LogP contribution in [0.25, 0.3) is 0 Å². The molecule has 0 bridgehead atoms. The first-order valence-corrected chi connectivity index (χ1v) is 9.45. The van der Waals surface area contributed by atoms with Crippen molar-refractivity contribution in [2.75, 3.05) is 11.6 Å². The molecule has 1 aliphatic rings. The number of ether oxygens (including phenoxy) is 1. The number of nitrogens with zero attached hydrogens (tertiary/aromatic N) is 2. The van der Waals surface area contributed by atoms with Crippen molar-refractivity contribution in [3.8, 4) is 0 Å². The van der Waals surface area contributed by atoms with Crippen LogP contribution in [0.5, 0.6) is 0 Å². The van der Waals surface area contributed by atoms with Crippen molar-refractivity contribution >= 4 is 17.9 Å². The number of carbonyl (C=O) groups excluding carboxylic acids is 1. The third-order valence-electron chi connectivity index (χ3n) is 5.05. The van der Waals surface area contributed by atoms with E-state index in [4.69, 9.17) is 9.84 Å². The minimum absolute atomic E-state index is 0.0980.